The van der Waals surface area contributed by atoms with Crippen molar-refractivity contribution in [1.82, 2.24) is 4.57 Å². The average Bonchev–Trinajstić information content (AvgIpc) is 2.69. The van der Waals surface area contributed by atoms with E-state index in [9.17, 15) is 0 Å². The van der Waals surface area contributed by atoms with Crippen molar-refractivity contribution >= 4 is 0 Å². The molecule has 0 spiro atoms. The van der Waals surface area contributed by atoms with Gasteiger partial charge in [-0.05, 0) is 49.7 Å². The zero-order valence-electron chi connectivity index (χ0n) is 14.2. The number of hydrogen-bond donors (Lipinski definition) is 1. The zero-order chi connectivity index (χ0) is 15.5. The minimum Gasteiger partial charge on any atom is -0.381 e. The maximum Gasteiger partial charge on any atom is 0.0483 e. The summed E-state index contributed by atoms with van der Waals surface area (Å²) >= 11 is 0. The molecule has 0 aromatic carbocycles. The van der Waals surface area contributed by atoms with Gasteiger partial charge in [0, 0.05) is 37.2 Å². The molecule has 1 aliphatic rings. The highest BCUT2D eigenvalue weighted by Crippen LogP contribution is 2.40. The van der Waals surface area contributed by atoms with Crippen molar-refractivity contribution in [2.75, 3.05) is 13.2 Å². The SMILES string of the molecule is CCCCOCCCn1c(C)cc2c1CC(C)(C)CC2N. The molecule has 1 aromatic heterocycles. The molecule has 1 aliphatic carbocycles. The summed E-state index contributed by atoms with van der Waals surface area (Å²) in [6.07, 6.45) is 5.68. The van der Waals surface area contributed by atoms with Crippen LogP contribution in [0, 0.1) is 12.3 Å². The number of nitrogens with zero attached hydrogens (tertiary/aromatic N) is 1. The smallest absolute Gasteiger partial charge is 0.0483 e. The van der Waals surface area contributed by atoms with Crippen LogP contribution in [-0.2, 0) is 17.7 Å². The van der Waals surface area contributed by atoms with Gasteiger partial charge in [0.1, 0.15) is 0 Å². The van der Waals surface area contributed by atoms with Crippen molar-refractivity contribution in [2.24, 2.45) is 11.1 Å². The molecular weight excluding hydrogens is 260 g/mol. The van der Waals surface area contributed by atoms with Gasteiger partial charge in [0.25, 0.3) is 0 Å². The Morgan fingerprint density at radius 1 is 1.33 bits per heavy atom. The van der Waals surface area contributed by atoms with Crippen molar-refractivity contribution in [1.29, 1.82) is 0 Å². The first-order valence-electron chi connectivity index (χ1n) is 8.47. The third-order valence-corrected chi connectivity index (χ3v) is 4.58. The fraction of sp³-hybridized carbons (Fsp3) is 0.778. The topological polar surface area (TPSA) is 40.2 Å². The summed E-state index contributed by atoms with van der Waals surface area (Å²) in [7, 11) is 0. The lowest BCUT2D eigenvalue weighted by Gasteiger charge is -2.34. The molecule has 0 saturated heterocycles. The van der Waals surface area contributed by atoms with Gasteiger partial charge < -0.3 is 15.0 Å². The van der Waals surface area contributed by atoms with Crippen molar-refractivity contribution < 1.29 is 4.74 Å². The molecule has 2 rings (SSSR count). The van der Waals surface area contributed by atoms with E-state index in [1.807, 2.05) is 0 Å². The Morgan fingerprint density at radius 3 is 2.76 bits per heavy atom. The molecule has 2 N–H and O–H groups in total. The first-order chi connectivity index (χ1) is 9.94. The molecule has 0 aliphatic heterocycles. The molecule has 1 heterocycles. The lowest BCUT2D eigenvalue weighted by Crippen LogP contribution is -2.30. The molecule has 1 atom stereocenters. The number of rotatable bonds is 7. The Morgan fingerprint density at radius 2 is 2.05 bits per heavy atom. The van der Waals surface area contributed by atoms with Crippen LogP contribution in [0.15, 0.2) is 6.07 Å². The quantitative estimate of drug-likeness (QED) is 0.772. The molecule has 0 fully saturated rings. The van der Waals surface area contributed by atoms with E-state index < -0.39 is 0 Å². The lowest BCUT2D eigenvalue weighted by molar-refractivity contribution is 0.125. The number of fused-ring (bicyclic) bond motifs is 1. The highest BCUT2D eigenvalue weighted by molar-refractivity contribution is 5.34. The van der Waals surface area contributed by atoms with Crippen LogP contribution in [0.3, 0.4) is 0 Å². The highest BCUT2D eigenvalue weighted by atomic mass is 16.5. The third-order valence-electron chi connectivity index (χ3n) is 4.58. The van der Waals surface area contributed by atoms with Crippen molar-refractivity contribution in [3.8, 4) is 0 Å². The Labute approximate surface area is 129 Å². The number of hydrogen-bond acceptors (Lipinski definition) is 2. The number of unbranched alkanes of at least 4 members (excludes halogenated alkanes) is 1. The second-order valence-electron chi connectivity index (χ2n) is 7.31. The molecule has 21 heavy (non-hydrogen) atoms. The molecule has 1 unspecified atom stereocenters. The fourth-order valence-electron chi connectivity index (χ4n) is 3.49. The van der Waals surface area contributed by atoms with E-state index in [-0.39, 0.29) is 6.04 Å². The van der Waals surface area contributed by atoms with Crippen molar-refractivity contribution in [2.45, 2.75) is 72.4 Å². The van der Waals surface area contributed by atoms with Crippen LogP contribution in [0.1, 0.15) is 69.4 Å². The largest absolute Gasteiger partial charge is 0.381 e. The van der Waals surface area contributed by atoms with Gasteiger partial charge in [-0.15, -0.1) is 0 Å². The zero-order valence-corrected chi connectivity index (χ0v) is 14.2. The molecule has 0 radical (unpaired) electrons. The molecule has 3 heteroatoms. The van der Waals surface area contributed by atoms with Crippen LogP contribution in [0.4, 0.5) is 0 Å². The van der Waals surface area contributed by atoms with Crippen LogP contribution in [0.5, 0.6) is 0 Å². The summed E-state index contributed by atoms with van der Waals surface area (Å²) in [5.74, 6) is 0. The summed E-state index contributed by atoms with van der Waals surface area (Å²) in [6, 6.07) is 2.50. The minimum atomic E-state index is 0.199. The maximum absolute atomic E-state index is 6.38. The van der Waals surface area contributed by atoms with Gasteiger partial charge in [0.05, 0.1) is 0 Å². The number of aryl methyl sites for hydroxylation is 1. The fourth-order valence-corrected chi connectivity index (χ4v) is 3.49. The van der Waals surface area contributed by atoms with E-state index in [2.05, 4.69) is 38.3 Å². The Balaban J connectivity index is 1.98. The van der Waals surface area contributed by atoms with E-state index in [0.29, 0.717) is 5.41 Å². The molecular formula is C18H32N2O. The first-order valence-corrected chi connectivity index (χ1v) is 8.47. The van der Waals surface area contributed by atoms with Gasteiger partial charge in [-0.25, -0.2) is 0 Å². The van der Waals surface area contributed by atoms with Gasteiger partial charge in [0.15, 0.2) is 0 Å². The molecule has 0 amide bonds. The van der Waals surface area contributed by atoms with E-state index in [1.165, 1.54) is 29.8 Å². The van der Waals surface area contributed by atoms with Crippen LogP contribution >= 0.6 is 0 Å². The van der Waals surface area contributed by atoms with Crippen LogP contribution < -0.4 is 5.73 Å². The van der Waals surface area contributed by atoms with E-state index in [1.54, 1.807) is 0 Å². The van der Waals surface area contributed by atoms with Gasteiger partial charge in [-0.3, -0.25) is 0 Å². The van der Waals surface area contributed by atoms with Gasteiger partial charge in [-0.2, -0.15) is 0 Å². The highest BCUT2D eigenvalue weighted by Gasteiger charge is 2.33. The molecule has 1 aromatic rings. The number of nitrogens with two attached hydrogens (primary N) is 1. The monoisotopic (exact) mass is 292 g/mol. The standard InChI is InChI=1S/C18H32N2O/c1-5-6-9-21-10-7-8-20-14(2)11-15-16(19)12-18(3,4)13-17(15)20/h11,16H,5-10,12-13,19H2,1-4H3. The molecule has 0 bridgehead atoms. The Hall–Kier alpha value is -0.800. The predicted molar refractivity (Wildman–Crippen MR) is 88.5 cm³/mol. The summed E-state index contributed by atoms with van der Waals surface area (Å²) in [5, 5.41) is 0. The average molecular weight is 292 g/mol. The van der Waals surface area contributed by atoms with E-state index in [4.69, 9.17) is 10.5 Å². The lowest BCUT2D eigenvalue weighted by atomic mass is 9.74. The third kappa shape index (κ3) is 4.10. The summed E-state index contributed by atoms with van der Waals surface area (Å²) in [6.45, 7) is 11.9. The van der Waals surface area contributed by atoms with Gasteiger partial charge >= 0.3 is 0 Å². The molecule has 0 saturated carbocycles. The van der Waals surface area contributed by atoms with Crippen molar-refractivity contribution in [3.05, 3.63) is 23.0 Å². The van der Waals surface area contributed by atoms with E-state index >= 15 is 0 Å². The van der Waals surface area contributed by atoms with Gasteiger partial charge in [-0.1, -0.05) is 27.2 Å². The van der Waals surface area contributed by atoms with Crippen LogP contribution in [0.25, 0.3) is 0 Å². The summed E-state index contributed by atoms with van der Waals surface area (Å²) in [4.78, 5) is 0. The second-order valence-corrected chi connectivity index (χ2v) is 7.31. The summed E-state index contributed by atoms with van der Waals surface area (Å²) in [5.41, 5.74) is 10.9. The minimum absolute atomic E-state index is 0.199. The Bertz CT molecular complexity index is 462. The molecule has 120 valence electrons. The van der Waals surface area contributed by atoms with Crippen LogP contribution in [-0.4, -0.2) is 17.8 Å². The van der Waals surface area contributed by atoms with Gasteiger partial charge in [0.2, 0.25) is 0 Å². The van der Waals surface area contributed by atoms with Crippen LogP contribution in [0.2, 0.25) is 0 Å². The first kappa shape index (κ1) is 16.6. The predicted octanol–water partition coefficient (Wildman–Crippen LogP) is 3.98. The Kier molecular flexibility index (Phi) is 5.50. The van der Waals surface area contributed by atoms with Crippen molar-refractivity contribution in [3.63, 3.8) is 0 Å². The second kappa shape index (κ2) is 6.97. The number of aromatic nitrogens is 1. The van der Waals surface area contributed by atoms with E-state index in [0.717, 1.165) is 39.0 Å². The normalized spacial score (nSPS) is 20.5. The summed E-state index contributed by atoms with van der Waals surface area (Å²) < 4.78 is 8.15. The number of ether oxygens (including phenoxy) is 1. The molecule has 3 nitrogen and oxygen atoms in total. The maximum atomic E-state index is 6.38.